The van der Waals surface area contributed by atoms with Crippen LogP contribution in [0.5, 0.6) is 5.75 Å². The van der Waals surface area contributed by atoms with Gasteiger partial charge in [0.1, 0.15) is 11.4 Å². The van der Waals surface area contributed by atoms with Crippen LogP contribution in [-0.4, -0.2) is 43.9 Å². The van der Waals surface area contributed by atoms with Gasteiger partial charge in [-0.1, -0.05) is 0 Å². The van der Waals surface area contributed by atoms with Gasteiger partial charge in [-0.2, -0.15) is 0 Å². The SMILES string of the molecule is COc1ccncc1NC(=O)C1COCCO1. The smallest absolute Gasteiger partial charge is 0.256 e. The number of amides is 1. The van der Waals surface area contributed by atoms with Gasteiger partial charge in [0.25, 0.3) is 5.91 Å². The lowest BCUT2D eigenvalue weighted by molar-refractivity contribution is -0.142. The molecule has 0 saturated carbocycles. The van der Waals surface area contributed by atoms with Crippen LogP contribution in [0.15, 0.2) is 18.5 Å². The van der Waals surface area contributed by atoms with E-state index in [1.165, 1.54) is 13.3 Å². The van der Waals surface area contributed by atoms with E-state index < -0.39 is 6.10 Å². The first kappa shape index (κ1) is 11.8. The molecule has 1 aromatic heterocycles. The molecule has 1 saturated heterocycles. The van der Waals surface area contributed by atoms with Gasteiger partial charge in [0, 0.05) is 12.3 Å². The molecule has 1 aliphatic heterocycles. The highest BCUT2D eigenvalue weighted by molar-refractivity contribution is 5.95. The summed E-state index contributed by atoms with van der Waals surface area (Å²) in [5.74, 6) is 0.307. The summed E-state index contributed by atoms with van der Waals surface area (Å²) in [4.78, 5) is 15.8. The van der Waals surface area contributed by atoms with Crippen molar-refractivity contribution < 1.29 is 19.0 Å². The normalized spacial score (nSPS) is 19.7. The van der Waals surface area contributed by atoms with Crippen molar-refractivity contribution >= 4 is 11.6 Å². The first-order valence-corrected chi connectivity index (χ1v) is 5.29. The molecule has 0 aliphatic carbocycles. The predicted octanol–water partition coefficient (Wildman–Crippen LogP) is 0.444. The predicted molar refractivity (Wildman–Crippen MR) is 60.0 cm³/mol. The zero-order valence-corrected chi connectivity index (χ0v) is 9.51. The molecule has 0 bridgehead atoms. The van der Waals surface area contributed by atoms with Crippen LogP contribution in [0.2, 0.25) is 0 Å². The third-order valence-corrected chi connectivity index (χ3v) is 2.37. The number of nitrogens with zero attached hydrogens (tertiary/aromatic N) is 1. The first-order valence-electron chi connectivity index (χ1n) is 5.29. The maximum absolute atomic E-state index is 11.8. The van der Waals surface area contributed by atoms with E-state index in [4.69, 9.17) is 14.2 Å². The molecular weight excluding hydrogens is 224 g/mol. The quantitative estimate of drug-likeness (QED) is 0.827. The van der Waals surface area contributed by atoms with Gasteiger partial charge in [-0.3, -0.25) is 9.78 Å². The summed E-state index contributed by atoms with van der Waals surface area (Å²) >= 11 is 0. The lowest BCUT2D eigenvalue weighted by atomic mass is 10.3. The van der Waals surface area contributed by atoms with E-state index in [0.29, 0.717) is 24.7 Å². The lowest BCUT2D eigenvalue weighted by Gasteiger charge is -2.22. The second kappa shape index (κ2) is 5.60. The fourth-order valence-corrected chi connectivity index (χ4v) is 1.51. The molecule has 2 heterocycles. The Balaban J connectivity index is 2.01. The summed E-state index contributed by atoms with van der Waals surface area (Å²) in [6, 6.07) is 1.67. The van der Waals surface area contributed by atoms with E-state index in [1.807, 2.05) is 0 Å². The molecule has 1 aliphatic rings. The van der Waals surface area contributed by atoms with Crippen LogP contribution in [0.25, 0.3) is 0 Å². The lowest BCUT2D eigenvalue weighted by Crippen LogP contribution is -2.39. The Morgan fingerprint density at radius 1 is 1.59 bits per heavy atom. The highest BCUT2D eigenvalue weighted by Gasteiger charge is 2.23. The van der Waals surface area contributed by atoms with Crippen molar-refractivity contribution in [1.29, 1.82) is 0 Å². The van der Waals surface area contributed by atoms with Crippen LogP contribution in [0.3, 0.4) is 0 Å². The number of methoxy groups -OCH3 is 1. The zero-order chi connectivity index (χ0) is 12.1. The van der Waals surface area contributed by atoms with E-state index in [9.17, 15) is 4.79 Å². The Labute approximate surface area is 98.9 Å². The van der Waals surface area contributed by atoms with Crippen molar-refractivity contribution in [3.05, 3.63) is 18.5 Å². The molecule has 1 N–H and O–H groups in total. The van der Waals surface area contributed by atoms with Crippen LogP contribution in [0.1, 0.15) is 0 Å². The maximum atomic E-state index is 11.8. The standard InChI is InChI=1S/C11H14N2O4/c1-15-9-2-3-12-6-8(9)13-11(14)10-7-16-4-5-17-10/h2-3,6,10H,4-5,7H2,1H3,(H,13,14). The molecule has 0 radical (unpaired) electrons. The minimum Gasteiger partial charge on any atom is -0.494 e. The molecule has 0 aromatic carbocycles. The number of aromatic nitrogens is 1. The van der Waals surface area contributed by atoms with E-state index in [2.05, 4.69) is 10.3 Å². The van der Waals surface area contributed by atoms with Gasteiger partial charge in [-0.05, 0) is 0 Å². The summed E-state index contributed by atoms with van der Waals surface area (Å²) in [5.41, 5.74) is 0.522. The van der Waals surface area contributed by atoms with Crippen molar-refractivity contribution in [3.63, 3.8) is 0 Å². The van der Waals surface area contributed by atoms with Gasteiger partial charge in [0.2, 0.25) is 0 Å². The zero-order valence-electron chi connectivity index (χ0n) is 9.51. The molecule has 2 rings (SSSR count). The number of pyridine rings is 1. The summed E-state index contributed by atoms with van der Waals surface area (Å²) in [6.07, 6.45) is 2.54. The Kier molecular flexibility index (Phi) is 3.89. The topological polar surface area (TPSA) is 69.7 Å². The minimum atomic E-state index is -0.575. The van der Waals surface area contributed by atoms with Gasteiger partial charge in [-0.15, -0.1) is 0 Å². The molecule has 92 valence electrons. The second-order valence-corrected chi connectivity index (χ2v) is 3.50. The van der Waals surface area contributed by atoms with E-state index >= 15 is 0 Å². The number of carbonyl (C=O) groups is 1. The first-order chi connectivity index (χ1) is 8.31. The summed E-state index contributed by atoms with van der Waals surface area (Å²) in [6.45, 7) is 1.23. The summed E-state index contributed by atoms with van der Waals surface area (Å²) in [7, 11) is 1.53. The molecule has 17 heavy (non-hydrogen) atoms. The van der Waals surface area contributed by atoms with Crippen LogP contribution in [-0.2, 0) is 14.3 Å². The van der Waals surface area contributed by atoms with Gasteiger partial charge < -0.3 is 19.5 Å². The maximum Gasteiger partial charge on any atom is 0.256 e. The van der Waals surface area contributed by atoms with E-state index in [0.717, 1.165) is 0 Å². The number of hydrogen-bond donors (Lipinski definition) is 1. The van der Waals surface area contributed by atoms with E-state index in [1.54, 1.807) is 12.3 Å². The second-order valence-electron chi connectivity index (χ2n) is 3.50. The molecule has 1 atom stereocenters. The molecule has 1 amide bonds. The third-order valence-electron chi connectivity index (χ3n) is 2.37. The average molecular weight is 238 g/mol. The Bertz CT molecular complexity index is 391. The average Bonchev–Trinajstić information content (AvgIpc) is 2.40. The van der Waals surface area contributed by atoms with E-state index in [-0.39, 0.29) is 12.5 Å². The van der Waals surface area contributed by atoms with Crippen LogP contribution in [0.4, 0.5) is 5.69 Å². The summed E-state index contributed by atoms with van der Waals surface area (Å²) < 4.78 is 15.6. The fourth-order valence-electron chi connectivity index (χ4n) is 1.51. The number of carbonyl (C=O) groups excluding carboxylic acids is 1. The van der Waals surface area contributed by atoms with Crippen molar-refractivity contribution in [2.45, 2.75) is 6.10 Å². The fraction of sp³-hybridized carbons (Fsp3) is 0.455. The Hall–Kier alpha value is -1.66. The largest absolute Gasteiger partial charge is 0.494 e. The summed E-state index contributed by atoms with van der Waals surface area (Å²) in [5, 5.41) is 2.70. The minimum absolute atomic E-state index is 0.254. The molecule has 6 nitrogen and oxygen atoms in total. The molecule has 1 unspecified atom stereocenters. The number of anilines is 1. The number of rotatable bonds is 3. The van der Waals surface area contributed by atoms with Gasteiger partial charge in [-0.25, -0.2) is 0 Å². The molecule has 0 spiro atoms. The molecule has 1 fully saturated rings. The monoisotopic (exact) mass is 238 g/mol. The molecule has 1 aromatic rings. The van der Waals surface area contributed by atoms with Crippen LogP contribution >= 0.6 is 0 Å². The molecular formula is C11H14N2O4. The van der Waals surface area contributed by atoms with Gasteiger partial charge in [0.05, 0.1) is 33.1 Å². The highest BCUT2D eigenvalue weighted by Crippen LogP contribution is 2.22. The van der Waals surface area contributed by atoms with Crippen molar-refractivity contribution in [3.8, 4) is 5.75 Å². The number of ether oxygens (including phenoxy) is 3. The Morgan fingerprint density at radius 3 is 3.18 bits per heavy atom. The number of hydrogen-bond acceptors (Lipinski definition) is 5. The van der Waals surface area contributed by atoms with Crippen LogP contribution in [0, 0.1) is 0 Å². The Morgan fingerprint density at radius 2 is 2.47 bits per heavy atom. The van der Waals surface area contributed by atoms with Gasteiger partial charge in [0.15, 0.2) is 6.10 Å². The van der Waals surface area contributed by atoms with Gasteiger partial charge >= 0.3 is 0 Å². The molecule has 6 heteroatoms. The highest BCUT2D eigenvalue weighted by atomic mass is 16.6. The van der Waals surface area contributed by atoms with Crippen LogP contribution < -0.4 is 10.1 Å². The van der Waals surface area contributed by atoms with Crippen molar-refractivity contribution in [2.75, 3.05) is 32.2 Å². The number of nitrogens with one attached hydrogen (secondary N) is 1. The van der Waals surface area contributed by atoms with Crippen molar-refractivity contribution in [1.82, 2.24) is 4.98 Å². The third kappa shape index (κ3) is 2.92. The van der Waals surface area contributed by atoms with Crippen molar-refractivity contribution in [2.24, 2.45) is 0 Å².